The number of amides is 2. The average Bonchev–Trinajstić information content (AvgIpc) is 3.03. The highest BCUT2D eigenvalue weighted by Gasteiger charge is 2.19. The van der Waals surface area contributed by atoms with Gasteiger partial charge in [0.15, 0.2) is 5.82 Å². The molecule has 0 aliphatic carbocycles. The van der Waals surface area contributed by atoms with Crippen LogP contribution in [0.1, 0.15) is 51.7 Å². The van der Waals surface area contributed by atoms with E-state index in [2.05, 4.69) is 32.8 Å². The van der Waals surface area contributed by atoms with Crippen molar-refractivity contribution in [1.82, 2.24) is 24.8 Å². The SMILES string of the molecule is CCCCc1ncccc1C(=O)Nc1cccc(-c2cn(C)c(=O)c(Nc3ccc(C(=O)N4CCNCC4)cc3)n2)c1C. The van der Waals surface area contributed by atoms with Crippen molar-refractivity contribution in [3.05, 3.63) is 99.7 Å². The van der Waals surface area contributed by atoms with Gasteiger partial charge in [0.1, 0.15) is 0 Å². The lowest BCUT2D eigenvalue weighted by Gasteiger charge is -2.27. The van der Waals surface area contributed by atoms with Gasteiger partial charge in [-0.2, -0.15) is 0 Å². The summed E-state index contributed by atoms with van der Waals surface area (Å²) in [6, 6.07) is 16.3. The van der Waals surface area contributed by atoms with E-state index in [0.29, 0.717) is 41.3 Å². The Bertz CT molecular complexity index is 1680. The van der Waals surface area contributed by atoms with E-state index in [0.717, 1.165) is 49.2 Å². The van der Waals surface area contributed by atoms with Gasteiger partial charge in [-0.1, -0.05) is 25.5 Å². The number of carbonyl (C=O) groups excluding carboxylic acids is 2. The number of hydrogen-bond donors (Lipinski definition) is 3. The summed E-state index contributed by atoms with van der Waals surface area (Å²) in [5.41, 5.74) is 5.14. The van der Waals surface area contributed by atoms with Crippen LogP contribution >= 0.6 is 0 Å². The molecule has 1 fully saturated rings. The van der Waals surface area contributed by atoms with Crippen LogP contribution < -0.4 is 21.5 Å². The van der Waals surface area contributed by atoms with Gasteiger partial charge in [-0.25, -0.2) is 4.98 Å². The van der Waals surface area contributed by atoms with Crippen LogP contribution in [0, 0.1) is 6.92 Å². The maximum absolute atomic E-state index is 13.3. The molecule has 10 heteroatoms. The van der Waals surface area contributed by atoms with Gasteiger partial charge in [-0.15, -0.1) is 0 Å². The number of anilines is 3. The number of hydrogen-bond acceptors (Lipinski definition) is 7. The van der Waals surface area contributed by atoms with Crippen molar-refractivity contribution in [1.29, 1.82) is 0 Å². The third-order valence-electron chi connectivity index (χ3n) is 7.63. The fourth-order valence-corrected chi connectivity index (χ4v) is 5.13. The Morgan fingerprint density at radius 2 is 1.79 bits per heavy atom. The highest BCUT2D eigenvalue weighted by Crippen LogP contribution is 2.28. The van der Waals surface area contributed by atoms with E-state index in [-0.39, 0.29) is 23.2 Å². The van der Waals surface area contributed by atoms with Crippen LogP contribution in [0.4, 0.5) is 17.2 Å². The van der Waals surface area contributed by atoms with Crippen LogP contribution in [0.5, 0.6) is 0 Å². The molecule has 43 heavy (non-hydrogen) atoms. The Labute approximate surface area is 251 Å². The van der Waals surface area contributed by atoms with Gasteiger partial charge in [-0.05, 0) is 67.8 Å². The molecular formula is C33H37N7O3. The lowest BCUT2D eigenvalue weighted by molar-refractivity contribution is 0.0735. The lowest BCUT2D eigenvalue weighted by atomic mass is 10.0. The number of nitrogens with zero attached hydrogens (tertiary/aromatic N) is 4. The minimum atomic E-state index is -0.289. The summed E-state index contributed by atoms with van der Waals surface area (Å²) in [6.45, 7) is 6.96. The summed E-state index contributed by atoms with van der Waals surface area (Å²) in [5.74, 6) is -0.0627. The smallest absolute Gasteiger partial charge is 0.293 e. The zero-order valence-corrected chi connectivity index (χ0v) is 24.8. The van der Waals surface area contributed by atoms with E-state index in [1.54, 1.807) is 55.8 Å². The van der Waals surface area contributed by atoms with Crippen molar-refractivity contribution in [3.63, 3.8) is 0 Å². The van der Waals surface area contributed by atoms with Gasteiger partial charge in [0.25, 0.3) is 17.4 Å². The van der Waals surface area contributed by atoms with E-state index in [1.165, 1.54) is 4.57 Å². The zero-order chi connectivity index (χ0) is 30.3. The maximum Gasteiger partial charge on any atom is 0.293 e. The first kappa shape index (κ1) is 29.7. The second-order valence-electron chi connectivity index (χ2n) is 10.7. The topological polar surface area (TPSA) is 121 Å². The van der Waals surface area contributed by atoms with Crippen LogP contribution in [-0.4, -0.2) is 57.4 Å². The Morgan fingerprint density at radius 3 is 2.53 bits per heavy atom. The molecule has 0 spiro atoms. The highest BCUT2D eigenvalue weighted by atomic mass is 16.2. The van der Waals surface area contributed by atoms with E-state index in [4.69, 9.17) is 0 Å². The molecule has 222 valence electrons. The van der Waals surface area contributed by atoms with Crippen LogP contribution in [0.3, 0.4) is 0 Å². The number of piperazine rings is 1. The van der Waals surface area contributed by atoms with Crippen molar-refractivity contribution in [3.8, 4) is 11.3 Å². The quantitative estimate of drug-likeness (QED) is 0.266. The van der Waals surface area contributed by atoms with Gasteiger partial charge in [0.2, 0.25) is 0 Å². The van der Waals surface area contributed by atoms with E-state index >= 15 is 0 Å². The van der Waals surface area contributed by atoms with Crippen molar-refractivity contribution in [2.75, 3.05) is 36.8 Å². The molecule has 5 rings (SSSR count). The van der Waals surface area contributed by atoms with Crippen LogP contribution in [0.15, 0.2) is 71.8 Å². The van der Waals surface area contributed by atoms with Gasteiger partial charge < -0.3 is 25.4 Å². The number of pyridine rings is 1. The largest absolute Gasteiger partial charge is 0.336 e. The van der Waals surface area contributed by atoms with Crippen LogP contribution in [-0.2, 0) is 13.5 Å². The number of aryl methyl sites for hydroxylation is 2. The first-order chi connectivity index (χ1) is 20.9. The molecule has 0 radical (unpaired) electrons. The Morgan fingerprint density at radius 1 is 1.02 bits per heavy atom. The number of carbonyl (C=O) groups is 2. The molecule has 0 unspecified atom stereocenters. The number of unbranched alkanes of at least 4 members (excludes halogenated alkanes) is 1. The van der Waals surface area contributed by atoms with Crippen molar-refractivity contribution in [2.45, 2.75) is 33.1 Å². The molecule has 1 aliphatic rings. The van der Waals surface area contributed by atoms with Crippen LogP contribution in [0.2, 0.25) is 0 Å². The molecule has 0 atom stereocenters. The fourth-order valence-electron chi connectivity index (χ4n) is 5.13. The van der Waals surface area contributed by atoms with Gasteiger partial charge in [0.05, 0.1) is 17.0 Å². The van der Waals surface area contributed by atoms with Gasteiger partial charge in [0, 0.05) is 68.1 Å². The molecule has 2 aromatic carbocycles. The molecule has 2 amide bonds. The first-order valence-corrected chi connectivity index (χ1v) is 14.7. The molecule has 2 aromatic heterocycles. The third-order valence-corrected chi connectivity index (χ3v) is 7.63. The summed E-state index contributed by atoms with van der Waals surface area (Å²) in [6.07, 6.45) is 6.11. The van der Waals surface area contributed by atoms with E-state index in [1.807, 2.05) is 30.0 Å². The summed E-state index contributed by atoms with van der Waals surface area (Å²) in [7, 11) is 1.68. The monoisotopic (exact) mass is 579 g/mol. The van der Waals surface area contributed by atoms with Gasteiger partial charge in [-0.3, -0.25) is 19.4 Å². The summed E-state index contributed by atoms with van der Waals surface area (Å²) in [4.78, 5) is 50.0. The average molecular weight is 580 g/mol. The number of aromatic nitrogens is 3. The highest BCUT2D eigenvalue weighted by molar-refractivity contribution is 6.05. The molecule has 3 N–H and O–H groups in total. The van der Waals surface area contributed by atoms with Crippen molar-refractivity contribution >= 4 is 29.0 Å². The number of nitrogens with one attached hydrogen (secondary N) is 3. The van der Waals surface area contributed by atoms with Gasteiger partial charge >= 0.3 is 0 Å². The summed E-state index contributed by atoms with van der Waals surface area (Å²) in [5, 5.41) is 9.42. The van der Waals surface area contributed by atoms with Crippen LogP contribution in [0.25, 0.3) is 11.3 Å². The maximum atomic E-state index is 13.3. The molecule has 1 aliphatic heterocycles. The molecule has 1 saturated heterocycles. The second kappa shape index (κ2) is 13.4. The van der Waals surface area contributed by atoms with E-state index < -0.39 is 0 Å². The summed E-state index contributed by atoms with van der Waals surface area (Å²) >= 11 is 0. The fraction of sp³-hybridized carbons (Fsp3) is 0.303. The second-order valence-corrected chi connectivity index (χ2v) is 10.7. The predicted molar refractivity (Wildman–Crippen MR) is 169 cm³/mol. The third kappa shape index (κ3) is 6.81. The lowest BCUT2D eigenvalue weighted by Crippen LogP contribution is -2.46. The molecule has 10 nitrogen and oxygen atoms in total. The molecule has 0 saturated carbocycles. The minimum absolute atomic E-state index is 0.00718. The Balaban J connectivity index is 1.37. The summed E-state index contributed by atoms with van der Waals surface area (Å²) < 4.78 is 1.48. The normalized spacial score (nSPS) is 13.0. The number of benzene rings is 2. The molecule has 0 bridgehead atoms. The Kier molecular flexibility index (Phi) is 9.26. The van der Waals surface area contributed by atoms with Crippen molar-refractivity contribution in [2.24, 2.45) is 7.05 Å². The minimum Gasteiger partial charge on any atom is -0.336 e. The standard InChI is InChI=1S/C33H37N7O3/c1-4-5-10-28-26(9-7-16-35-28)31(41)38-27-11-6-8-25(22(27)2)29-21-39(3)33(43)30(37-29)36-24-14-12-23(13-15-24)32(42)40-19-17-34-18-20-40/h6-9,11-16,21,34H,4-5,10,17-20H2,1-3H3,(H,36,37)(H,38,41). The van der Waals surface area contributed by atoms with Crippen molar-refractivity contribution < 1.29 is 9.59 Å². The Hall–Kier alpha value is -4.83. The van der Waals surface area contributed by atoms with E-state index in [9.17, 15) is 14.4 Å². The molecular weight excluding hydrogens is 542 g/mol. The number of rotatable bonds is 9. The molecule has 3 heterocycles. The first-order valence-electron chi connectivity index (χ1n) is 14.7. The molecule has 4 aromatic rings. The predicted octanol–water partition coefficient (Wildman–Crippen LogP) is 4.53. The zero-order valence-electron chi connectivity index (χ0n) is 24.8.